The predicted octanol–water partition coefficient (Wildman–Crippen LogP) is 4.03. The molecule has 3 rings (SSSR count). The quantitative estimate of drug-likeness (QED) is 0.883. The van der Waals surface area contributed by atoms with E-state index >= 15 is 0 Å². The SMILES string of the molecule is CC(C)(N)c1cc2ccccc2n1CC1CCCC1. The van der Waals surface area contributed by atoms with Gasteiger partial charge in [-0.2, -0.15) is 0 Å². The molecule has 19 heavy (non-hydrogen) atoms. The van der Waals surface area contributed by atoms with Crippen molar-refractivity contribution in [3.8, 4) is 0 Å². The number of rotatable bonds is 3. The molecule has 1 fully saturated rings. The standard InChI is InChI=1S/C17H24N2/c1-17(2,18)16-11-14-9-5-6-10-15(14)19(16)12-13-7-3-4-8-13/h5-6,9-11,13H,3-4,7-8,12,18H2,1-2H3. The second-order valence-electron chi connectivity index (χ2n) is 6.57. The smallest absolute Gasteiger partial charge is 0.0506 e. The third-order valence-corrected chi connectivity index (χ3v) is 4.39. The third-order valence-electron chi connectivity index (χ3n) is 4.39. The van der Waals surface area contributed by atoms with Crippen molar-refractivity contribution in [1.29, 1.82) is 0 Å². The van der Waals surface area contributed by atoms with E-state index in [-0.39, 0.29) is 5.54 Å². The molecule has 1 aliphatic carbocycles. The van der Waals surface area contributed by atoms with E-state index < -0.39 is 0 Å². The summed E-state index contributed by atoms with van der Waals surface area (Å²) in [6.07, 6.45) is 5.53. The molecule has 1 aromatic heterocycles. The molecule has 1 aromatic carbocycles. The minimum Gasteiger partial charge on any atom is -0.343 e. The van der Waals surface area contributed by atoms with E-state index in [0.717, 1.165) is 12.5 Å². The lowest BCUT2D eigenvalue weighted by molar-refractivity contribution is 0.424. The molecule has 2 nitrogen and oxygen atoms in total. The van der Waals surface area contributed by atoms with Gasteiger partial charge in [-0.1, -0.05) is 31.0 Å². The Hall–Kier alpha value is -1.28. The average Bonchev–Trinajstić information content (AvgIpc) is 2.97. The number of aromatic nitrogens is 1. The van der Waals surface area contributed by atoms with Crippen LogP contribution in [0.15, 0.2) is 30.3 Å². The Morgan fingerprint density at radius 2 is 1.89 bits per heavy atom. The van der Waals surface area contributed by atoms with Crippen molar-refractivity contribution in [2.75, 3.05) is 0 Å². The lowest BCUT2D eigenvalue weighted by Gasteiger charge is -2.24. The predicted molar refractivity (Wildman–Crippen MR) is 81.1 cm³/mol. The first-order valence-corrected chi connectivity index (χ1v) is 7.43. The number of nitrogens with zero attached hydrogens (tertiary/aromatic N) is 1. The summed E-state index contributed by atoms with van der Waals surface area (Å²) in [5.74, 6) is 0.830. The fourth-order valence-corrected chi connectivity index (χ4v) is 3.39. The first kappa shape index (κ1) is 12.7. The van der Waals surface area contributed by atoms with Crippen LogP contribution in [0.3, 0.4) is 0 Å². The highest BCUT2D eigenvalue weighted by molar-refractivity contribution is 5.81. The highest BCUT2D eigenvalue weighted by atomic mass is 15.0. The van der Waals surface area contributed by atoms with Crippen LogP contribution in [0, 0.1) is 5.92 Å². The molecule has 0 bridgehead atoms. The van der Waals surface area contributed by atoms with Crippen molar-refractivity contribution < 1.29 is 0 Å². The molecule has 2 N–H and O–H groups in total. The summed E-state index contributed by atoms with van der Waals surface area (Å²) in [5, 5.41) is 1.31. The van der Waals surface area contributed by atoms with Crippen LogP contribution in [0.1, 0.15) is 45.2 Å². The van der Waals surface area contributed by atoms with E-state index in [4.69, 9.17) is 5.73 Å². The second-order valence-corrected chi connectivity index (χ2v) is 6.57. The molecule has 0 radical (unpaired) electrons. The molecule has 0 aliphatic heterocycles. The molecule has 0 spiro atoms. The second kappa shape index (κ2) is 4.68. The van der Waals surface area contributed by atoms with Crippen molar-refractivity contribution in [1.82, 2.24) is 4.57 Å². The van der Waals surface area contributed by atoms with E-state index in [0.29, 0.717) is 0 Å². The maximum atomic E-state index is 6.37. The number of hydrogen-bond donors (Lipinski definition) is 1. The van der Waals surface area contributed by atoms with E-state index in [9.17, 15) is 0 Å². The Morgan fingerprint density at radius 1 is 1.21 bits per heavy atom. The lowest BCUT2D eigenvalue weighted by atomic mass is 10.0. The first-order chi connectivity index (χ1) is 9.05. The third kappa shape index (κ3) is 2.42. The molecule has 0 amide bonds. The van der Waals surface area contributed by atoms with Gasteiger partial charge < -0.3 is 10.3 Å². The van der Waals surface area contributed by atoms with E-state index in [1.807, 2.05) is 0 Å². The fourth-order valence-electron chi connectivity index (χ4n) is 3.39. The molecule has 1 saturated carbocycles. The van der Waals surface area contributed by atoms with E-state index in [1.165, 1.54) is 42.3 Å². The minimum atomic E-state index is -0.280. The molecule has 0 saturated heterocycles. The normalized spacial score (nSPS) is 17.4. The molecule has 1 heterocycles. The zero-order valence-electron chi connectivity index (χ0n) is 12.0. The van der Waals surface area contributed by atoms with Crippen molar-refractivity contribution >= 4 is 10.9 Å². The van der Waals surface area contributed by atoms with Crippen LogP contribution in [-0.4, -0.2) is 4.57 Å². The van der Waals surface area contributed by atoms with Gasteiger partial charge in [-0.25, -0.2) is 0 Å². The van der Waals surface area contributed by atoms with Crippen molar-refractivity contribution in [2.24, 2.45) is 11.7 Å². The zero-order valence-corrected chi connectivity index (χ0v) is 12.0. The van der Waals surface area contributed by atoms with Crippen LogP contribution >= 0.6 is 0 Å². The Morgan fingerprint density at radius 3 is 2.58 bits per heavy atom. The summed E-state index contributed by atoms with van der Waals surface area (Å²) in [6.45, 7) is 5.34. The van der Waals surface area contributed by atoms with Gasteiger partial charge in [0.2, 0.25) is 0 Å². The first-order valence-electron chi connectivity index (χ1n) is 7.43. The topological polar surface area (TPSA) is 30.9 Å². The number of benzene rings is 1. The zero-order chi connectivity index (χ0) is 13.5. The Balaban J connectivity index is 2.07. The van der Waals surface area contributed by atoms with Crippen LogP contribution in [-0.2, 0) is 12.1 Å². The van der Waals surface area contributed by atoms with Gasteiger partial charge in [0, 0.05) is 17.8 Å². The van der Waals surface area contributed by atoms with E-state index in [1.54, 1.807) is 0 Å². The molecular weight excluding hydrogens is 232 g/mol. The van der Waals surface area contributed by atoms with Crippen LogP contribution in [0.5, 0.6) is 0 Å². The monoisotopic (exact) mass is 256 g/mol. The maximum absolute atomic E-state index is 6.37. The molecule has 2 heteroatoms. The number of para-hydroxylation sites is 1. The molecule has 0 atom stereocenters. The minimum absolute atomic E-state index is 0.280. The Labute approximate surface area is 115 Å². The highest BCUT2D eigenvalue weighted by Crippen LogP contribution is 2.32. The Kier molecular flexibility index (Phi) is 3.14. The number of hydrogen-bond acceptors (Lipinski definition) is 1. The molecular formula is C17H24N2. The summed E-state index contributed by atoms with van der Waals surface area (Å²) in [4.78, 5) is 0. The number of fused-ring (bicyclic) bond motifs is 1. The van der Waals surface area contributed by atoms with Gasteiger partial charge in [0.1, 0.15) is 0 Å². The van der Waals surface area contributed by atoms with Crippen molar-refractivity contribution in [2.45, 2.75) is 51.6 Å². The maximum Gasteiger partial charge on any atom is 0.0506 e. The summed E-state index contributed by atoms with van der Waals surface area (Å²) < 4.78 is 2.46. The fraction of sp³-hybridized carbons (Fsp3) is 0.529. The highest BCUT2D eigenvalue weighted by Gasteiger charge is 2.24. The van der Waals surface area contributed by atoms with Gasteiger partial charge in [-0.15, -0.1) is 0 Å². The summed E-state index contributed by atoms with van der Waals surface area (Å²) >= 11 is 0. The molecule has 102 valence electrons. The van der Waals surface area contributed by atoms with Crippen LogP contribution in [0.2, 0.25) is 0 Å². The van der Waals surface area contributed by atoms with Gasteiger partial charge in [-0.05, 0) is 50.1 Å². The Bertz CT molecular complexity index is 568. The summed E-state index contributed by atoms with van der Waals surface area (Å²) in [5.41, 5.74) is 8.70. The van der Waals surface area contributed by atoms with E-state index in [2.05, 4.69) is 48.7 Å². The molecule has 1 aliphatic rings. The van der Waals surface area contributed by atoms with Crippen LogP contribution < -0.4 is 5.73 Å². The summed E-state index contributed by atoms with van der Waals surface area (Å²) in [6, 6.07) is 10.9. The molecule has 2 aromatic rings. The average molecular weight is 256 g/mol. The van der Waals surface area contributed by atoms with Gasteiger partial charge in [-0.3, -0.25) is 0 Å². The number of nitrogens with two attached hydrogens (primary N) is 1. The van der Waals surface area contributed by atoms with Gasteiger partial charge in [0.05, 0.1) is 5.54 Å². The van der Waals surface area contributed by atoms with Crippen LogP contribution in [0.4, 0.5) is 0 Å². The van der Waals surface area contributed by atoms with Gasteiger partial charge in [0.15, 0.2) is 0 Å². The van der Waals surface area contributed by atoms with Crippen molar-refractivity contribution in [3.05, 3.63) is 36.0 Å². The molecule has 0 unspecified atom stereocenters. The lowest BCUT2D eigenvalue weighted by Crippen LogP contribution is -2.32. The largest absolute Gasteiger partial charge is 0.343 e. The summed E-state index contributed by atoms with van der Waals surface area (Å²) in [7, 11) is 0. The van der Waals surface area contributed by atoms with Crippen molar-refractivity contribution in [3.63, 3.8) is 0 Å². The van der Waals surface area contributed by atoms with Gasteiger partial charge in [0.25, 0.3) is 0 Å². The van der Waals surface area contributed by atoms with Crippen LogP contribution in [0.25, 0.3) is 10.9 Å². The van der Waals surface area contributed by atoms with Gasteiger partial charge >= 0.3 is 0 Å².